The van der Waals surface area contributed by atoms with Crippen LogP contribution in [0.5, 0.6) is 0 Å². The Balaban J connectivity index is 3.84. The summed E-state index contributed by atoms with van der Waals surface area (Å²) in [6.07, 6.45) is 26.7. The molecule has 0 aromatic rings. The summed E-state index contributed by atoms with van der Waals surface area (Å²) in [7, 11) is 0. The molecule has 7 heteroatoms. The van der Waals surface area contributed by atoms with Crippen molar-refractivity contribution >= 4 is 11.9 Å². The molecule has 230 valence electrons. The minimum absolute atomic E-state index is 0.124. The lowest BCUT2D eigenvalue weighted by Gasteiger charge is -2.12. The van der Waals surface area contributed by atoms with E-state index in [2.05, 4.69) is 19.9 Å². The van der Waals surface area contributed by atoms with Gasteiger partial charge in [0.05, 0.1) is 12.2 Å². The molecule has 0 bridgehead atoms. The van der Waals surface area contributed by atoms with Gasteiger partial charge in [0.25, 0.3) is 0 Å². The van der Waals surface area contributed by atoms with Crippen LogP contribution in [-0.2, 0) is 19.1 Å². The van der Waals surface area contributed by atoms with Crippen LogP contribution in [0.1, 0.15) is 117 Å². The number of allylic oxidation sites excluding steroid dienone is 5. The zero-order chi connectivity index (χ0) is 29.7. The SMILES string of the molecule is CCCCC/C=C\C[C@@H](O)/C=C/C=C/C=C\[C@@H](O)CCCC(=O)OC[C@@H](O)COC(=O)CCCCCCCCC. The number of hydrogen-bond acceptors (Lipinski definition) is 7. The van der Waals surface area contributed by atoms with Gasteiger partial charge in [-0.2, -0.15) is 0 Å². The average molecular weight is 565 g/mol. The molecule has 0 rings (SSSR count). The van der Waals surface area contributed by atoms with Crippen molar-refractivity contribution in [1.29, 1.82) is 0 Å². The molecule has 0 aliphatic rings. The van der Waals surface area contributed by atoms with Gasteiger partial charge in [-0.1, -0.05) is 114 Å². The van der Waals surface area contributed by atoms with E-state index in [1.165, 1.54) is 44.9 Å². The average Bonchev–Trinajstić information content (AvgIpc) is 2.94. The van der Waals surface area contributed by atoms with E-state index in [9.17, 15) is 24.9 Å². The van der Waals surface area contributed by atoms with E-state index < -0.39 is 24.3 Å². The third kappa shape index (κ3) is 27.4. The number of aliphatic hydroxyl groups is 3. The van der Waals surface area contributed by atoms with Crippen LogP contribution in [0.15, 0.2) is 48.6 Å². The van der Waals surface area contributed by atoms with Crippen molar-refractivity contribution in [1.82, 2.24) is 0 Å². The number of carbonyl (C=O) groups is 2. The Labute approximate surface area is 243 Å². The Bertz CT molecular complexity index is 726. The molecule has 40 heavy (non-hydrogen) atoms. The first kappa shape index (κ1) is 37.8. The lowest BCUT2D eigenvalue weighted by Crippen LogP contribution is -2.25. The highest BCUT2D eigenvalue weighted by atomic mass is 16.6. The van der Waals surface area contributed by atoms with Crippen LogP contribution in [0.2, 0.25) is 0 Å². The Morgan fingerprint density at radius 1 is 0.625 bits per heavy atom. The molecule has 0 unspecified atom stereocenters. The van der Waals surface area contributed by atoms with Crippen LogP contribution in [-0.4, -0.2) is 58.8 Å². The molecule has 3 N–H and O–H groups in total. The van der Waals surface area contributed by atoms with Gasteiger partial charge in [0, 0.05) is 12.8 Å². The fourth-order valence-corrected chi connectivity index (χ4v) is 3.81. The smallest absolute Gasteiger partial charge is 0.305 e. The maximum Gasteiger partial charge on any atom is 0.305 e. The van der Waals surface area contributed by atoms with E-state index in [1.54, 1.807) is 36.5 Å². The normalized spacial score (nSPS) is 14.4. The molecule has 3 atom stereocenters. The van der Waals surface area contributed by atoms with Gasteiger partial charge in [0.2, 0.25) is 0 Å². The summed E-state index contributed by atoms with van der Waals surface area (Å²) >= 11 is 0. The molecular formula is C33H56O7. The van der Waals surface area contributed by atoms with E-state index in [0.29, 0.717) is 25.7 Å². The summed E-state index contributed by atoms with van der Waals surface area (Å²) in [6.45, 7) is 3.94. The second-order valence-electron chi connectivity index (χ2n) is 10.3. The summed E-state index contributed by atoms with van der Waals surface area (Å²) in [5.74, 6) is -0.811. The zero-order valence-corrected chi connectivity index (χ0v) is 25.1. The van der Waals surface area contributed by atoms with Crippen LogP contribution in [0.3, 0.4) is 0 Å². The van der Waals surface area contributed by atoms with Gasteiger partial charge >= 0.3 is 11.9 Å². The van der Waals surface area contributed by atoms with Crippen molar-refractivity contribution in [2.45, 2.75) is 135 Å². The Hall–Kier alpha value is -2.22. The fourth-order valence-electron chi connectivity index (χ4n) is 3.81. The second-order valence-corrected chi connectivity index (χ2v) is 10.3. The van der Waals surface area contributed by atoms with Gasteiger partial charge in [-0.25, -0.2) is 0 Å². The minimum atomic E-state index is -1.05. The highest BCUT2D eigenvalue weighted by Gasteiger charge is 2.12. The highest BCUT2D eigenvalue weighted by molar-refractivity contribution is 5.69. The summed E-state index contributed by atoms with van der Waals surface area (Å²) in [5, 5.41) is 29.8. The summed E-state index contributed by atoms with van der Waals surface area (Å²) in [6, 6.07) is 0. The number of esters is 2. The van der Waals surface area contributed by atoms with Gasteiger partial charge in [0.15, 0.2) is 0 Å². The van der Waals surface area contributed by atoms with E-state index in [0.717, 1.165) is 25.7 Å². The van der Waals surface area contributed by atoms with Gasteiger partial charge < -0.3 is 24.8 Å². The number of rotatable bonds is 26. The molecule has 0 aliphatic heterocycles. The molecular weight excluding hydrogens is 508 g/mol. The van der Waals surface area contributed by atoms with Crippen LogP contribution in [0.4, 0.5) is 0 Å². The number of unbranched alkanes of at least 4 members (excludes halogenated alkanes) is 9. The number of aliphatic hydroxyl groups excluding tert-OH is 3. The van der Waals surface area contributed by atoms with E-state index in [-0.39, 0.29) is 25.6 Å². The number of ether oxygens (including phenoxy) is 2. The maximum atomic E-state index is 11.9. The zero-order valence-electron chi connectivity index (χ0n) is 25.1. The van der Waals surface area contributed by atoms with Crippen molar-refractivity contribution in [3.63, 3.8) is 0 Å². The lowest BCUT2D eigenvalue weighted by atomic mass is 10.1. The monoisotopic (exact) mass is 564 g/mol. The molecule has 0 spiro atoms. The molecule has 0 aliphatic carbocycles. The van der Waals surface area contributed by atoms with Gasteiger partial charge in [-0.05, 0) is 38.5 Å². The largest absolute Gasteiger partial charge is 0.463 e. The molecule has 0 aromatic carbocycles. The Kier molecular flexibility index (Phi) is 26.7. The second kappa shape index (κ2) is 28.3. The molecule has 0 amide bonds. The quantitative estimate of drug-likeness (QED) is 0.0466. The third-order valence-electron chi connectivity index (χ3n) is 6.26. The predicted octanol–water partition coefficient (Wildman–Crippen LogP) is 6.66. The molecule has 0 radical (unpaired) electrons. The first-order valence-corrected chi connectivity index (χ1v) is 15.4. The third-order valence-corrected chi connectivity index (χ3v) is 6.26. The molecule has 0 saturated carbocycles. The lowest BCUT2D eigenvalue weighted by molar-refractivity contribution is -0.152. The van der Waals surface area contributed by atoms with Crippen molar-refractivity contribution in [2.75, 3.05) is 13.2 Å². The van der Waals surface area contributed by atoms with Gasteiger partial charge in [0.1, 0.15) is 19.3 Å². The Morgan fingerprint density at radius 3 is 1.77 bits per heavy atom. The minimum Gasteiger partial charge on any atom is -0.463 e. The molecule has 0 fully saturated rings. The number of hydrogen-bond donors (Lipinski definition) is 3. The maximum absolute atomic E-state index is 11.9. The van der Waals surface area contributed by atoms with Crippen molar-refractivity contribution in [3.05, 3.63) is 48.6 Å². The molecule has 0 heterocycles. The first-order chi connectivity index (χ1) is 19.4. The van der Waals surface area contributed by atoms with E-state index >= 15 is 0 Å². The fraction of sp³-hybridized carbons (Fsp3) is 0.697. The molecule has 0 saturated heterocycles. The Morgan fingerprint density at radius 2 is 1.15 bits per heavy atom. The van der Waals surface area contributed by atoms with E-state index in [1.807, 2.05) is 6.08 Å². The molecule has 0 aromatic heterocycles. The molecule has 7 nitrogen and oxygen atoms in total. The van der Waals surface area contributed by atoms with Crippen molar-refractivity contribution in [2.24, 2.45) is 0 Å². The van der Waals surface area contributed by atoms with Crippen molar-refractivity contribution < 1.29 is 34.4 Å². The van der Waals surface area contributed by atoms with Crippen LogP contribution < -0.4 is 0 Å². The van der Waals surface area contributed by atoms with Crippen LogP contribution >= 0.6 is 0 Å². The first-order valence-electron chi connectivity index (χ1n) is 15.4. The van der Waals surface area contributed by atoms with E-state index in [4.69, 9.17) is 9.47 Å². The topological polar surface area (TPSA) is 113 Å². The van der Waals surface area contributed by atoms with Crippen LogP contribution in [0, 0.1) is 0 Å². The summed E-state index contributed by atoms with van der Waals surface area (Å²) in [5.41, 5.74) is 0. The van der Waals surface area contributed by atoms with Crippen molar-refractivity contribution in [3.8, 4) is 0 Å². The van der Waals surface area contributed by atoms with Gasteiger partial charge in [-0.15, -0.1) is 0 Å². The predicted molar refractivity (Wildman–Crippen MR) is 162 cm³/mol. The highest BCUT2D eigenvalue weighted by Crippen LogP contribution is 2.09. The number of carbonyl (C=O) groups excluding carboxylic acids is 2. The summed E-state index contributed by atoms with van der Waals surface area (Å²) < 4.78 is 10.1. The standard InChI is InChI=1S/C33H56O7/c1-3-5-7-9-11-13-19-25-32(37)39-27-31(36)28-40-33(38)26-20-24-30(35)23-18-15-14-17-22-29(34)21-16-12-10-8-6-4-2/h12,14-18,22-23,29-31,34-36H,3-11,13,19-21,24-28H2,1-2H3/b15-14+,16-12-,22-17+,23-18-/t29-,30-,31+/m1/s1. The van der Waals surface area contributed by atoms with Gasteiger partial charge in [-0.3, -0.25) is 9.59 Å². The summed E-state index contributed by atoms with van der Waals surface area (Å²) in [4.78, 5) is 23.6. The van der Waals surface area contributed by atoms with Crippen LogP contribution in [0.25, 0.3) is 0 Å².